The van der Waals surface area contributed by atoms with Crippen LogP contribution in [0.3, 0.4) is 0 Å². The maximum atomic E-state index is 13.4. The van der Waals surface area contributed by atoms with Gasteiger partial charge in [-0.25, -0.2) is 14.3 Å². The largest absolute Gasteiger partial charge is 0.343 e. The van der Waals surface area contributed by atoms with E-state index < -0.39 is 0 Å². The Bertz CT molecular complexity index is 637. The zero-order chi connectivity index (χ0) is 14.0. The van der Waals surface area contributed by atoms with Crippen LogP contribution in [-0.4, -0.2) is 21.8 Å². The molecule has 0 saturated carbocycles. The van der Waals surface area contributed by atoms with Gasteiger partial charge in [-0.05, 0) is 49.5 Å². The van der Waals surface area contributed by atoms with Crippen molar-refractivity contribution < 1.29 is 4.39 Å². The first-order valence-corrected chi connectivity index (χ1v) is 6.60. The minimum absolute atomic E-state index is 0.00849. The molecule has 19 heavy (non-hydrogen) atoms. The van der Waals surface area contributed by atoms with E-state index in [1.54, 1.807) is 13.1 Å². The molecule has 0 spiro atoms. The van der Waals surface area contributed by atoms with Crippen molar-refractivity contribution in [1.29, 1.82) is 0 Å². The predicted octanol–water partition coefficient (Wildman–Crippen LogP) is 1.68. The Morgan fingerprint density at radius 1 is 1.53 bits per heavy atom. The van der Waals surface area contributed by atoms with Gasteiger partial charge in [0, 0.05) is 18.0 Å². The third-order valence-electron chi connectivity index (χ3n) is 2.91. The summed E-state index contributed by atoms with van der Waals surface area (Å²) in [6.45, 7) is 1.95. The van der Waals surface area contributed by atoms with Crippen LogP contribution in [0.4, 0.5) is 4.39 Å². The number of H-pyrrole nitrogens is 1. The van der Waals surface area contributed by atoms with Crippen molar-refractivity contribution in [3.05, 3.63) is 40.1 Å². The number of hydrogen-bond donors (Lipinski definition) is 2. The van der Waals surface area contributed by atoms with Gasteiger partial charge in [0.2, 0.25) is 0 Å². The van der Waals surface area contributed by atoms with E-state index in [2.05, 4.69) is 15.5 Å². The van der Waals surface area contributed by atoms with Gasteiger partial charge in [-0.1, -0.05) is 0 Å². The van der Waals surface area contributed by atoms with Crippen molar-refractivity contribution in [2.75, 3.05) is 7.05 Å². The Hall–Kier alpha value is -1.60. The summed E-state index contributed by atoms with van der Waals surface area (Å²) in [6.07, 6.45) is 0. The van der Waals surface area contributed by atoms with Crippen molar-refractivity contribution >= 4 is 11.8 Å². The highest BCUT2D eigenvalue weighted by Crippen LogP contribution is 2.31. The van der Waals surface area contributed by atoms with E-state index in [0.717, 1.165) is 10.5 Å². The molecule has 102 valence electrons. The molecule has 1 aromatic heterocycles. The molecule has 1 aromatic carbocycles. The first-order chi connectivity index (χ1) is 9.02. The normalized spacial score (nSPS) is 12.6. The summed E-state index contributed by atoms with van der Waals surface area (Å²) in [4.78, 5) is 12.2. The average Bonchev–Trinajstić information content (AvgIpc) is 2.71. The van der Waals surface area contributed by atoms with Crippen LogP contribution in [0.2, 0.25) is 0 Å². The topological polar surface area (TPSA) is 62.7 Å². The van der Waals surface area contributed by atoms with Crippen LogP contribution in [0.15, 0.2) is 33.0 Å². The fourth-order valence-corrected chi connectivity index (χ4v) is 2.63. The van der Waals surface area contributed by atoms with Crippen LogP contribution in [0.25, 0.3) is 0 Å². The van der Waals surface area contributed by atoms with E-state index in [1.807, 2.05) is 14.0 Å². The number of nitrogens with one attached hydrogen (secondary N) is 2. The highest BCUT2D eigenvalue weighted by Gasteiger charge is 2.14. The lowest BCUT2D eigenvalue weighted by Gasteiger charge is -2.15. The molecule has 0 aliphatic rings. The highest BCUT2D eigenvalue weighted by atomic mass is 32.2. The second kappa shape index (κ2) is 5.58. The van der Waals surface area contributed by atoms with Gasteiger partial charge in [0.05, 0.1) is 0 Å². The van der Waals surface area contributed by atoms with E-state index in [-0.39, 0.29) is 17.5 Å². The third kappa shape index (κ3) is 2.87. The van der Waals surface area contributed by atoms with Gasteiger partial charge in [0.25, 0.3) is 0 Å². The summed E-state index contributed by atoms with van der Waals surface area (Å²) in [6, 6.07) is 4.60. The second-order valence-corrected chi connectivity index (χ2v) is 5.17. The van der Waals surface area contributed by atoms with Gasteiger partial charge < -0.3 is 5.32 Å². The van der Waals surface area contributed by atoms with Crippen LogP contribution in [0.5, 0.6) is 0 Å². The summed E-state index contributed by atoms with van der Waals surface area (Å²) in [7, 11) is 3.45. The zero-order valence-corrected chi connectivity index (χ0v) is 11.7. The van der Waals surface area contributed by atoms with E-state index in [1.165, 1.54) is 28.5 Å². The number of aromatic nitrogens is 3. The van der Waals surface area contributed by atoms with Crippen LogP contribution >= 0.6 is 11.8 Å². The Kier molecular flexibility index (Phi) is 4.06. The molecular formula is C12H15FN4OS. The molecule has 0 saturated heterocycles. The number of hydrogen-bond acceptors (Lipinski definition) is 4. The van der Waals surface area contributed by atoms with Crippen molar-refractivity contribution in [2.45, 2.75) is 23.0 Å². The Morgan fingerprint density at radius 2 is 2.26 bits per heavy atom. The molecule has 0 aliphatic heterocycles. The van der Waals surface area contributed by atoms with E-state index >= 15 is 0 Å². The molecule has 0 aliphatic carbocycles. The average molecular weight is 282 g/mol. The van der Waals surface area contributed by atoms with Gasteiger partial charge in [-0.15, -0.1) is 5.10 Å². The van der Waals surface area contributed by atoms with E-state index in [9.17, 15) is 9.18 Å². The van der Waals surface area contributed by atoms with Crippen LogP contribution in [0.1, 0.15) is 18.5 Å². The van der Waals surface area contributed by atoms with Crippen molar-refractivity contribution in [3.63, 3.8) is 0 Å². The molecule has 0 radical (unpaired) electrons. The monoisotopic (exact) mass is 282 g/mol. The SMILES string of the molecule is CNC(C)c1cc(F)ccc1Sc1n[nH]c(=O)n1C. The van der Waals surface area contributed by atoms with Crippen molar-refractivity contribution in [3.8, 4) is 0 Å². The van der Waals surface area contributed by atoms with Crippen LogP contribution in [-0.2, 0) is 7.05 Å². The minimum atomic E-state index is -0.280. The maximum Gasteiger partial charge on any atom is 0.343 e. The fourth-order valence-electron chi connectivity index (χ4n) is 1.63. The van der Waals surface area contributed by atoms with Gasteiger partial charge in [0.15, 0.2) is 5.16 Å². The quantitative estimate of drug-likeness (QED) is 0.895. The predicted molar refractivity (Wildman–Crippen MR) is 71.8 cm³/mol. The summed E-state index contributed by atoms with van der Waals surface area (Å²) < 4.78 is 14.8. The lowest BCUT2D eigenvalue weighted by Crippen LogP contribution is -2.14. The smallest absolute Gasteiger partial charge is 0.313 e. The van der Waals surface area contributed by atoms with E-state index in [0.29, 0.717) is 5.16 Å². The lowest BCUT2D eigenvalue weighted by atomic mass is 10.1. The zero-order valence-electron chi connectivity index (χ0n) is 10.9. The van der Waals surface area contributed by atoms with Crippen LogP contribution in [0, 0.1) is 5.82 Å². The standard InChI is InChI=1S/C12H15FN4OS/c1-7(14-2)9-6-8(13)4-5-10(9)19-12-16-15-11(18)17(12)3/h4-7,14H,1-3H3,(H,15,18). The van der Waals surface area contributed by atoms with Gasteiger partial charge >= 0.3 is 5.69 Å². The molecule has 0 fully saturated rings. The number of nitrogens with zero attached hydrogens (tertiary/aromatic N) is 2. The molecule has 2 aromatic rings. The third-order valence-corrected chi connectivity index (χ3v) is 4.05. The minimum Gasteiger partial charge on any atom is -0.313 e. The number of halogens is 1. The van der Waals surface area contributed by atoms with Gasteiger partial charge in [-0.3, -0.25) is 4.57 Å². The van der Waals surface area contributed by atoms with Crippen molar-refractivity contribution in [2.24, 2.45) is 7.05 Å². The van der Waals surface area contributed by atoms with Gasteiger partial charge in [-0.2, -0.15) is 0 Å². The summed E-state index contributed by atoms with van der Waals surface area (Å²) >= 11 is 1.33. The number of aromatic amines is 1. The molecular weight excluding hydrogens is 267 g/mol. The molecule has 0 amide bonds. The summed E-state index contributed by atoms with van der Waals surface area (Å²) in [5, 5.41) is 9.93. The molecule has 5 nitrogen and oxygen atoms in total. The number of rotatable bonds is 4. The lowest BCUT2D eigenvalue weighted by molar-refractivity contribution is 0.601. The first kappa shape index (κ1) is 13.8. The molecule has 0 bridgehead atoms. The Labute approximate surface area is 114 Å². The Morgan fingerprint density at radius 3 is 2.84 bits per heavy atom. The molecule has 1 unspecified atom stereocenters. The molecule has 1 heterocycles. The second-order valence-electron chi connectivity index (χ2n) is 4.16. The molecule has 2 N–H and O–H groups in total. The Balaban J connectivity index is 2.39. The van der Waals surface area contributed by atoms with E-state index in [4.69, 9.17) is 0 Å². The summed E-state index contributed by atoms with van der Waals surface area (Å²) in [5.41, 5.74) is 0.566. The fraction of sp³-hybridized carbons (Fsp3) is 0.333. The molecule has 1 atom stereocenters. The maximum absolute atomic E-state index is 13.4. The van der Waals surface area contributed by atoms with Crippen molar-refractivity contribution in [1.82, 2.24) is 20.1 Å². The number of benzene rings is 1. The summed E-state index contributed by atoms with van der Waals surface area (Å²) in [5.74, 6) is -0.280. The molecule has 7 heteroatoms. The first-order valence-electron chi connectivity index (χ1n) is 5.79. The molecule has 2 rings (SSSR count). The van der Waals surface area contributed by atoms with Crippen LogP contribution < -0.4 is 11.0 Å². The van der Waals surface area contributed by atoms with Gasteiger partial charge in [0.1, 0.15) is 5.82 Å². The highest BCUT2D eigenvalue weighted by molar-refractivity contribution is 7.99.